The quantitative estimate of drug-likeness (QED) is 0.557. The van der Waals surface area contributed by atoms with E-state index in [2.05, 4.69) is 9.39 Å². The number of nitrogens with zero attached hydrogens (tertiary/aromatic N) is 2. The lowest BCUT2D eigenvalue weighted by Crippen LogP contribution is -2.30. The van der Waals surface area contributed by atoms with Crippen molar-refractivity contribution in [2.24, 2.45) is 0 Å². The molecule has 1 aliphatic heterocycles. The fraction of sp³-hybridized carbons (Fsp3) is 0.625. The van der Waals surface area contributed by atoms with Crippen LogP contribution in [0.5, 0.6) is 0 Å². The first-order valence-electron chi connectivity index (χ1n) is 3.95. The average Bonchev–Trinajstić information content (AvgIpc) is 1.81. The van der Waals surface area contributed by atoms with E-state index in [1.54, 1.807) is 0 Å². The van der Waals surface area contributed by atoms with Crippen molar-refractivity contribution in [2.45, 2.75) is 6.42 Å². The number of carbonyl (C=O) groups is 1. The van der Waals surface area contributed by atoms with Crippen LogP contribution < -0.4 is 0 Å². The Kier molecular flexibility index (Phi) is 3.24. The van der Waals surface area contributed by atoms with Crippen LogP contribution in [0.25, 0.3) is 0 Å². The maximum absolute atomic E-state index is 11.2. The highest BCUT2D eigenvalue weighted by Gasteiger charge is 2.17. The first kappa shape index (κ1) is 9.69. The van der Waals surface area contributed by atoms with Gasteiger partial charge < -0.3 is 4.90 Å². The van der Waals surface area contributed by atoms with Crippen molar-refractivity contribution >= 4 is 15.2 Å². The molecule has 0 aliphatic carbocycles. The molecule has 1 aliphatic rings. The molecule has 0 radical (unpaired) electrons. The Morgan fingerprint density at radius 3 is 2.67 bits per heavy atom. The number of piperidine rings is 1. The molecule has 1 saturated heterocycles. The van der Waals surface area contributed by atoms with Gasteiger partial charge in [-0.05, 0) is 11.8 Å². The highest BCUT2D eigenvalue weighted by molar-refractivity contribution is 7.13. The van der Waals surface area contributed by atoms with Crippen LogP contribution >= 0.6 is 9.39 Å². The summed E-state index contributed by atoms with van der Waals surface area (Å²) >= 11 is 0. The largest absolute Gasteiger partial charge is 0.383 e. The Hall–Kier alpha value is -0.400. The molecular weight excluding hydrogens is 171 g/mol. The SMILES string of the molecule is CN(C)/C=C1\CC(=O)CN(P)C1. The van der Waals surface area contributed by atoms with Gasteiger partial charge in [-0.2, -0.15) is 0 Å². The minimum absolute atomic E-state index is 0.296. The summed E-state index contributed by atoms with van der Waals surface area (Å²) in [6.07, 6.45) is 2.64. The maximum atomic E-state index is 11.2. The van der Waals surface area contributed by atoms with E-state index < -0.39 is 0 Å². The van der Waals surface area contributed by atoms with E-state index in [9.17, 15) is 4.79 Å². The number of carbonyl (C=O) groups excluding carboxylic acids is 1. The van der Waals surface area contributed by atoms with Gasteiger partial charge in [-0.3, -0.25) is 9.46 Å². The van der Waals surface area contributed by atoms with Gasteiger partial charge in [0.05, 0.1) is 6.54 Å². The summed E-state index contributed by atoms with van der Waals surface area (Å²) in [6.45, 7) is 1.45. The number of rotatable bonds is 1. The molecule has 3 nitrogen and oxygen atoms in total. The molecule has 0 amide bonds. The van der Waals surface area contributed by atoms with Crippen molar-refractivity contribution in [3.05, 3.63) is 11.8 Å². The summed E-state index contributed by atoms with van der Waals surface area (Å²) in [5, 5.41) is 0. The molecular formula is C8H15N2OP. The van der Waals surface area contributed by atoms with Crippen LogP contribution in [0, 0.1) is 0 Å². The Bertz CT molecular complexity index is 213. The standard InChI is InChI=1S/C8H15N2OP/c1-9(2)4-7-3-8(11)6-10(12)5-7/h4H,3,5-6,12H2,1-2H3/b7-4+. The highest BCUT2D eigenvalue weighted by atomic mass is 31.0. The number of ketones is 1. The van der Waals surface area contributed by atoms with Gasteiger partial charge >= 0.3 is 0 Å². The molecule has 0 saturated carbocycles. The molecule has 1 unspecified atom stereocenters. The summed E-state index contributed by atoms with van der Waals surface area (Å²) in [5.41, 5.74) is 1.19. The van der Waals surface area contributed by atoms with Gasteiger partial charge in [0, 0.05) is 27.1 Å². The van der Waals surface area contributed by atoms with Gasteiger partial charge in [0.25, 0.3) is 0 Å². The fourth-order valence-corrected chi connectivity index (χ4v) is 1.80. The predicted octanol–water partition coefficient (Wildman–Crippen LogP) is 0.497. The molecule has 1 rings (SSSR count). The number of hydrogen-bond acceptors (Lipinski definition) is 3. The smallest absolute Gasteiger partial charge is 0.151 e. The minimum atomic E-state index is 0.296. The Morgan fingerprint density at radius 1 is 1.50 bits per heavy atom. The number of hydrogen-bond donors (Lipinski definition) is 0. The zero-order chi connectivity index (χ0) is 9.14. The first-order chi connectivity index (χ1) is 5.58. The van der Waals surface area contributed by atoms with Gasteiger partial charge in [0.1, 0.15) is 0 Å². The van der Waals surface area contributed by atoms with Crippen LogP contribution in [-0.2, 0) is 4.79 Å². The van der Waals surface area contributed by atoms with Crippen molar-refractivity contribution in [1.29, 1.82) is 0 Å². The fourth-order valence-electron chi connectivity index (χ4n) is 1.36. The molecule has 1 heterocycles. The molecule has 1 atom stereocenters. The Balaban J connectivity index is 2.61. The minimum Gasteiger partial charge on any atom is -0.383 e. The van der Waals surface area contributed by atoms with Gasteiger partial charge in [-0.25, -0.2) is 0 Å². The van der Waals surface area contributed by atoms with Crippen LogP contribution in [0.4, 0.5) is 0 Å². The van der Waals surface area contributed by atoms with Crippen molar-refractivity contribution in [2.75, 3.05) is 27.2 Å². The van der Waals surface area contributed by atoms with Crippen LogP contribution in [0.3, 0.4) is 0 Å². The van der Waals surface area contributed by atoms with Crippen LogP contribution in [-0.4, -0.2) is 42.5 Å². The van der Waals surface area contributed by atoms with Gasteiger partial charge in [0.15, 0.2) is 5.78 Å². The van der Waals surface area contributed by atoms with E-state index in [4.69, 9.17) is 0 Å². The van der Waals surface area contributed by atoms with Crippen molar-refractivity contribution < 1.29 is 4.79 Å². The molecule has 0 spiro atoms. The topological polar surface area (TPSA) is 23.6 Å². The molecule has 0 bridgehead atoms. The third kappa shape index (κ3) is 2.92. The van der Waals surface area contributed by atoms with E-state index in [0.29, 0.717) is 18.7 Å². The summed E-state index contributed by atoms with van der Waals surface area (Å²) < 4.78 is 1.96. The number of Topliss-reactive ketones (excluding diaryl/α,β-unsaturated/α-hetero) is 1. The maximum Gasteiger partial charge on any atom is 0.151 e. The molecule has 1 fully saturated rings. The molecule has 68 valence electrons. The second-order valence-corrected chi connectivity index (χ2v) is 4.10. The zero-order valence-corrected chi connectivity index (χ0v) is 8.73. The van der Waals surface area contributed by atoms with E-state index in [0.717, 1.165) is 6.54 Å². The Labute approximate surface area is 75.7 Å². The van der Waals surface area contributed by atoms with E-state index in [1.807, 2.05) is 29.9 Å². The van der Waals surface area contributed by atoms with Gasteiger partial charge in [-0.15, -0.1) is 0 Å². The molecule has 12 heavy (non-hydrogen) atoms. The second-order valence-electron chi connectivity index (χ2n) is 3.37. The summed E-state index contributed by atoms with van der Waals surface area (Å²) in [5.74, 6) is 0.296. The monoisotopic (exact) mass is 186 g/mol. The summed E-state index contributed by atoms with van der Waals surface area (Å²) in [7, 11) is 6.51. The van der Waals surface area contributed by atoms with Crippen molar-refractivity contribution in [1.82, 2.24) is 9.57 Å². The highest BCUT2D eigenvalue weighted by Crippen LogP contribution is 2.15. The zero-order valence-electron chi connectivity index (χ0n) is 7.58. The molecule has 0 aromatic rings. The van der Waals surface area contributed by atoms with Crippen molar-refractivity contribution in [3.63, 3.8) is 0 Å². The third-order valence-corrected chi connectivity index (χ3v) is 2.02. The predicted molar refractivity (Wildman–Crippen MR) is 52.7 cm³/mol. The lowest BCUT2D eigenvalue weighted by Gasteiger charge is -2.24. The van der Waals surface area contributed by atoms with Gasteiger partial charge in [-0.1, -0.05) is 9.39 Å². The van der Waals surface area contributed by atoms with Crippen LogP contribution in [0.15, 0.2) is 11.8 Å². The van der Waals surface area contributed by atoms with E-state index >= 15 is 0 Å². The summed E-state index contributed by atoms with van der Waals surface area (Å²) in [6, 6.07) is 0. The first-order valence-corrected chi connectivity index (χ1v) is 4.47. The van der Waals surface area contributed by atoms with E-state index in [-0.39, 0.29) is 0 Å². The molecule has 4 heteroatoms. The Morgan fingerprint density at radius 2 is 2.17 bits per heavy atom. The molecule has 0 aromatic heterocycles. The normalized spacial score (nSPS) is 23.2. The van der Waals surface area contributed by atoms with Crippen LogP contribution in [0.2, 0.25) is 0 Å². The summed E-state index contributed by atoms with van der Waals surface area (Å²) in [4.78, 5) is 13.1. The lowest BCUT2D eigenvalue weighted by atomic mass is 10.1. The van der Waals surface area contributed by atoms with Crippen LogP contribution in [0.1, 0.15) is 6.42 Å². The molecule has 0 aromatic carbocycles. The average molecular weight is 186 g/mol. The van der Waals surface area contributed by atoms with Gasteiger partial charge in [0.2, 0.25) is 0 Å². The van der Waals surface area contributed by atoms with Crippen molar-refractivity contribution in [3.8, 4) is 0 Å². The van der Waals surface area contributed by atoms with E-state index in [1.165, 1.54) is 5.57 Å². The third-order valence-electron chi connectivity index (χ3n) is 1.65. The second kappa shape index (κ2) is 4.01. The lowest BCUT2D eigenvalue weighted by molar-refractivity contribution is -0.119. The molecule has 0 N–H and O–H groups in total.